The summed E-state index contributed by atoms with van der Waals surface area (Å²) in [5, 5.41) is 10.5. The van der Waals surface area contributed by atoms with Crippen molar-refractivity contribution in [3.8, 4) is 0 Å². The lowest BCUT2D eigenvalue weighted by molar-refractivity contribution is -0.192. The fraction of sp³-hybridized carbons (Fsp3) is 0.812. The molecular weight excluding hydrogens is 401 g/mol. The van der Waals surface area contributed by atoms with Crippen molar-refractivity contribution >= 4 is 26.3 Å². The van der Waals surface area contributed by atoms with Crippen molar-refractivity contribution < 1.29 is 41.8 Å². The molecule has 2 heterocycles. The summed E-state index contributed by atoms with van der Waals surface area (Å²) in [4.78, 5) is 33.9. The fourth-order valence-corrected chi connectivity index (χ4v) is 3.82. The number of ether oxygens (including phenoxy) is 1. The summed E-state index contributed by atoms with van der Waals surface area (Å²) in [5.74, 6) is -3.01. The minimum Gasteiger partial charge on any atom is -0.475 e. The number of carbonyl (C=O) groups excluding carboxylic acids is 2. The molecule has 0 spiro atoms. The van der Waals surface area contributed by atoms with Gasteiger partial charge in [0, 0.05) is 6.54 Å². The van der Waals surface area contributed by atoms with Crippen LogP contribution < -0.4 is 5.32 Å². The Morgan fingerprint density at radius 3 is 2.21 bits per heavy atom. The summed E-state index contributed by atoms with van der Waals surface area (Å²) < 4.78 is 43.0. The van der Waals surface area contributed by atoms with E-state index in [1.807, 2.05) is 0 Å². The van der Waals surface area contributed by atoms with Crippen molar-refractivity contribution in [1.82, 2.24) is 10.2 Å². The summed E-state index contributed by atoms with van der Waals surface area (Å²) in [6, 6.07) is -0.220. The van der Waals surface area contributed by atoms with E-state index in [1.54, 1.807) is 0 Å². The average molecular weight is 428 g/mol. The van der Waals surface area contributed by atoms with Gasteiger partial charge in [-0.2, -0.15) is 13.2 Å². The molecular formula is C16H27F3N2O6Si. The van der Waals surface area contributed by atoms with E-state index in [0.717, 1.165) is 6.54 Å². The summed E-state index contributed by atoms with van der Waals surface area (Å²) in [5.41, 5.74) is 0. The van der Waals surface area contributed by atoms with Crippen LogP contribution in [0.2, 0.25) is 18.1 Å². The van der Waals surface area contributed by atoms with E-state index in [9.17, 15) is 22.8 Å². The highest BCUT2D eigenvalue weighted by atomic mass is 28.4. The number of nitrogens with one attached hydrogen (secondary N) is 1. The Labute approximate surface area is 162 Å². The third-order valence-electron chi connectivity index (χ3n) is 5.00. The smallest absolute Gasteiger partial charge is 0.475 e. The van der Waals surface area contributed by atoms with Gasteiger partial charge in [-0.05, 0) is 31.1 Å². The molecule has 0 unspecified atom stereocenters. The van der Waals surface area contributed by atoms with Crippen LogP contribution in [0.5, 0.6) is 0 Å². The predicted molar refractivity (Wildman–Crippen MR) is 95.2 cm³/mol. The molecule has 162 valence electrons. The Morgan fingerprint density at radius 2 is 1.82 bits per heavy atom. The number of hydrogen-bond donors (Lipinski definition) is 2. The minimum absolute atomic E-state index is 0.0878. The van der Waals surface area contributed by atoms with Crippen LogP contribution in [0.4, 0.5) is 18.0 Å². The number of piperidine rings is 1. The first kappa shape index (κ1) is 24.4. The average Bonchev–Trinajstić information content (AvgIpc) is 2.85. The molecule has 0 aromatic carbocycles. The first-order valence-corrected chi connectivity index (χ1v) is 11.7. The molecule has 12 heteroatoms. The van der Waals surface area contributed by atoms with Crippen LogP contribution in [0, 0.1) is 0 Å². The molecule has 28 heavy (non-hydrogen) atoms. The zero-order valence-electron chi connectivity index (χ0n) is 16.6. The second-order valence-corrected chi connectivity index (χ2v) is 12.9. The SMILES string of the molecule is CC(C)(C)[Si](C)(C)O[C@@H]1CNCC[C@H]1N1C(=O)COC1=O.O=C(O)C(F)(F)F. The van der Waals surface area contributed by atoms with Crippen molar-refractivity contribution in [2.45, 2.75) is 63.6 Å². The molecule has 2 aliphatic heterocycles. The van der Waals surface area contributed by atoms with Gasteiger partial charge in [0.1, 0.15) is 0 Å². The van der Waals surface area contributed by atoms with Crippen LogP contribution in [0.3, 0.4) is 0 Å². The molecule has 0 bridgehead atoms. The van der Waals surface area contributed by atoms with Crippen LogP contribution in [0.1, 0.15) is 27.2 Å². The Balaban J connectivity index is 0.000000480. The highest BCUT2D eigenvalue weighted by Gasteiger charge is 2.46. The molecule has 2 saturated heterocycles. The summed E-state index contributed by atoms with van der Waals surface area (Å²) in [6.07, 6.45) is -5.06. The highest BCUT2D eigenvalue weighted by Crippen LogP contribution is 2.38. The Morgan fingerprint density at radius 1 is 1.29 bits per heavy atom. The summed E-state index contributed by atoms with van der Waals surface area (Å²) in [7, 11) is -1.96. The quantitative estimate of drug-likeness (QED) is 0.665. The van der Waals surface area contributed by atoms with Gasteiger partial charge in [-0.25, -0.2) is 14.5 Å². The number of halogens is 3. The Hall–Kier alpha value is -1.66. The zero-order chi connectivity index (χ0) is 21.9. The van der Waals surface area contributed by atoms with Gasteiger partial charge in [0.15, 0.2) is 14.9 Å². The number of carbonyl (C=O) groups is 3. The molecule has 2 fully saturated rings. The van der Waals surface area contributed by atoms with Gasteiger partial charge in [-0.15, -0.1) is 0 Å². The monoisotopic (exact) mass is 428 g/mol. The van der Waals surface area contributed by atoms with Crippen molar-refractivity contribution in [1.29, 1.82) is 0 Å². The van der Waals surface area contributed by atoms with Gasteiger partial charge in [0.25, 0.3) is 5.91 Å². The number of carboxylic acids is 1. The van der Waals surface area contributed by atoms with Gasteiger partial charge < -0.3 is 19.6 Å². The normalized spacial score (nSPS) is 23.8. The van der Waals surface area contributed by atoms with Crippen LogP contribution in [-0.2, 0) is 18.8 Å². The number of alkyl halides is 3. The Kier molecular flexibility index (Phi) is 7.65. The van der Waals surface area contributed by atoms with Crippen molar-refractivity contribution in [3.63, 3.8) is 0 Å². The Bertz CT molecular complexity index is 590. The predicted octanol–water partition coefficient (Wildman–Crippen LogP) is 2.35. The maximum Gasteiger partial charge on any atom is 0.490 e. The third-order valence-corrected chi connectivity index (χ3v) is 9.51. The molecule has 0 saturated carbocycles. The van der Waals surface area contributed by atoms with E-state index in [-0.39, 0.29) is 29.7 Å². The molecule has 0 aliphatic carbocycles. The van der Waals surface area contributed by atoms with Crippen molar-refractivity contribution in [2.75, 3.05) is 19.7 Å². The van der Waals surface area contributed by atoms with E-state index < -0.39 is 26.6 Å². The van der Waals surface area contributed by atoms with Crippen LogP contribution >= 0.6 is 0 Å². The minimum atomic E-state index is -5.08. The molecule has 8 nitrogen and oxygen atoms in total. The number of carboxylic acid groups (broad SMARTS) is 1. The van der Waals surface area contributed by atoms with E-state index in [1.165, 1.54) is 4.90 Å². The molecule has 0 aromatic heterocycles. The molecule has 2 atom stereocenters. The number of imide groups is 1. The topological polar surface area (TPSA) is 105 Å². The standard InChI is InChI=1S/C14H26N2O4Si.C2HF3O2/c1-14(2,3)21(4,5)20-11-8-15-7-6-10(11)16-12(17)9-19-13(16)18;3-2(4,5)1(6)7/h10-11,15H,6-9H2,1-5H3;(H,6,7)/t10-,11-;/m1./s1. The second-order valence-electron chi connectivity index (χ2n) is 8.10. The van der Waals surface area contributed by atoms with E-state index in [0.29, 0.717) is 13.0 Å². The number of cyclic esters (lactones) is 1. The van der Waals surface area contributed by atoms with Gasteiger partial charge in [0.05, 0.1) is 12.1 Å². The van der Waals surface area contributed by atoms with Crippen molar-refractivity contribution in [3.05, 3.63) is 0 Å². The van der Waals surface area contributed by atoms with Crippen molar-refractivity contribution in [2.24, 2.45) is 0 Å². The number of nitrogens with zero attached hydrogens (tertiary/aromatic N) is 1. The van der Waals surface area contributed by atoms with Crippen LogP contribution in [0.25, 0.3) is 0 Å². The van der Waals surface area contributed by atoms with Gasteiger partial charge in [-0.3, -0.25) is 4.79 Å². The highest BCUT2D eigenvalue weighted by molar-refractivity contribution is 6.74. The maximum absolute atomic E-state index is 11.9. The van der Waals surface area contributed by atoms with E-state index in [2.05, 4.69) is 39.2 Å². The fourth-order valence-electron chi connectivity index (χ4n) is 2.47. The maximum atomic E-state index is 11.9. The molecule has 2 amide bonds. The first-order valence-electron chi connectivity index (χ1n) is 8.75. The lowest BCUT2D eigenvalue weighted by Crippen LogP contribution is -2.59. The van der Waals surface area contributed by atoms with Gasteiger partial charge in [0.2, 0.25) is 0 Å². The van der Waals surface area contributed by atoms with E-state index in [4.69, 9.17) is 19.1 Å². The number of aliphatic carboxylic acids is 1. The van der Waals surface area contributed by atoms with Crippen LogP contribution in [0.15, 0.2) is 0 Å². The number of amides is 2. The molecule has 0 aromatic rings. The summed E-state index contributed by atoms with van der Waals surface area (Å²) >= 11 is 0. The largest absolute Gasteiger partial charge is 0.490 e. The lowest BCUT2D eigenvalue weighted by Gasteiger charge is -2.44. The van der Waals surface area contributed by atoms with E-state index >= 15 is 0 Å². The zero-order valence-corrected chi connectivity index (χ0v) is 17.6. The molecule has 2 rings (SSSR count). The first-order chi connectivity index (χ1) is 12.6. The molecule has 2 N–H and O–H groups in total. The van der Waals surface area contributed by atoms with Crippen LogP contribution in [-0.4, -0.2) is 74.3 Å². The van der Waals surface area contributed by atoms with Gasteiger partial charge in [-0.1, -0.05) is 20.8 Å². The molecule has 2 aliphatic rings. The molecule has 0 radical (unpaired) electrons. The second kappa shape index (κ2) is 8.78. The van der Waals surface area contributed by atoms with Gasteiger partial charge >= 0.3 is 18.2 Å². The number of rotatable bonds is 3. The number of hydrogen-bond acceptors (Lipinski definition) is 6. The lowest BCUT2D eigenvalue weighted by atomic mass is 10.0. The third kappa shape index (κ3) is 6.17. The summed E-state index contributed by atoms with van der Waals surface area (Å²) in [6.45, 7) is 12.2.